The Bertz CT molecular complexity index is 879. The summed E-state index contributed by atoms with van der Waals surface area (Å²) >= 11 is 1.56. The lowest BCUT2D eigenvalue weighted by Crippen LogP contribution is -3.30. The first kappa shape index (κ1) is 18.9. The number of fused-ring (bicyclic) bond motifs is 1. The molecule has 1 atom stereocenters. The molecule has 3 aliphatic rings. The van der Waals surface area contributed by atoms with E-state index in [4.69, 9.17) is 0 Å². The topological polar surface area (TPSA) is 95.9 Å². The van der Waals surface area contributed by atoms with E-state index < -0.39 is 9.84 Å². The Hall–Kier alpha value is -1.47. The van der Waals surface area contributed by atoms with E-state index in [-0.39, 0.29) is 11.9 Å². The number of nitrogens with one attached hydrogen (secondary N) is 3. The van der Waals surface area contributed by atoms with Gasteiger partial charge in [-0.3, -0.25) is 4.79 Å². The van der Waals surface area contributed by atoms with Crippen LogP contribution in [0, 0.1) is 11.3 Å². The van der Waals surface area contributed by atoms with E-state index in [1.54, 1.807) is 11.3 Å². The number of amides is 1. The predicted molar refractivity (Wildman–Crippen MR) is 103 cm³/mol. The van der Waals surface area contributed by atoms with Gasteiger partial charge in [-0.1, -0.05) is 0 Å². The Labute approximate surface area is 163 Å². The standard InChI is InChI=1S/C18H24N4O3S2/c19-10-15-14-2-1-3-16(14)26-18(15)20-17(23)11-21-5-7-22(8-6-21)13-4-9-27(24,25)12-13/h13H,1-9,11-12H2,(H,20,23)/p+2/t13-/m0/s1. The van der Waals surface area contributed by atoms with Gasteiger partial charge < -0.3 is 15.1 Å². The molecule has 146 valence electrons. The highest BCUT2D eigenvalue weighted by Gasteiger charge is 2.38. The lowest BCUT2D eigenvalue weighted by molar-refractivity contribution is -1.02. The molecule has 4 rings (SSSR count). The van der Waals surface area contributed by atoms with Gasteiger partial charge in [-0.15, -0.1) is 11.3 Å². The molecule has 0 unspecified atom stereocenters. The highest BCUT2D eigenvalue weighted by atomic mass is 32.2. The van der Waals surface area contributed by atoms with Gasteiger partial charge in [-0.05, 0) is 24.8 Å². The molecule has 0 spiro atoms. The number of nitriles is 1. The van der Waals surface area contributed by atoms with Gasteiger partial charge in [0, 0.05) is 11.3 Å². The number of quaternary nitrogens is 2. The van der Waals surface area contributed by atoms with E-state index in [0.29, 0.717) is 28.6 Å². The smallest absolute Gasteiger partial charge is 0.280 e. The van der Waals surface area contributed by atoms with Crippen molar-refractivity contribution in [1.82, 2.24) is 0 Å². The fraction of sp³-hybridized carbons (Fsp3) is 0.667. The average molecular weight is 411 g/mol. The van der Waals surface area contributed by atoms with Crippen LogP contribution in [0.5, 0.6) is 0 Å². The van der Waals surface area contributed by atoms with Crippen LogP contribution < -0.4 is 15.1 Å². The van der Waals surface area contributed by atoms with Gasteiger partial charge in [0.05, 0.1) is 11.3 Å². The molecule has 1 aromatic rings. The first-order valence-corrected chi connectivity index (χ1v) is 12.3. The van der Waals surface area contributed by atoms with E-state index in [0.717, 1.165) is 57.4 Å². The zero-order valence-corrected chi connectivity index (χ0v) is 17.0. The lowest BCUT2D eigenvalue weighted by atomic mass is 10.1. The third-order valence-corrected chi connectivity index (χ3v) is 9.08. The summed E-state index contributed by atoms with van der Waals surface area (Å²) in [6, 6.07) is 2.50. The van der Waals surface area contributed by atoms with E-state index in [9.17, 15) is 18.5 Å². The fourth-order valence-corrected chi connectivity index (χ4v) is 7.72. The maximum Gasteiger partial charge on any atom is 0.280 e. The summed E-state index contributed by atoms with van der Waals surface area (Å²) in [4.78, 5) is 16.3. The molecular weight excluding hydrogens is 384 g/mol. The van der Waals surface area contributed by atoms with Gasteiger partial charge in [0.1, 0.15) is 49.0 Å². The summed E-state index contributed by atoms with van der Waals surface area (Å²) in [5, 5.41) is 13.1. The van der Waals surface area contributed by atoms with Crippen molar-refractivity contribution in [3.63, 3.8) is 0 Å². The SMILES string of the molecule is N#Cc1c(NC(=O)C[NH+]2CC[NH+]([C@H]3CCS(=O)(=O)C3)CC2)sc2c1CCC2. The van der Waals surface area contributed by atoms with Crippen molar-refractivity contribution in [2.45, 2.75) is 31.7 Å². The Morgan fingerprint density at radius 1 is 1.26 bits per heavy atom. The van der Waals surface area contributed by atoms with Gasteiger partial charge in [-0.2, -0.15) is 5.26 Å². The summed E-state index contributed by atoms with van der Waals surface area (Å²) in [7, 11) is -2.83. The van der Waals surface area contributed by atoms with E-state index >= 15 is 0 Å². The van der Waals surface area contributed by atoms with Crippen molar-refractivity contribution in [1.29, 1.82) is 5.26 Å². The molecule has 2 fully saturated rings. The molecule has 0 bridgehead atoms. The number of carbonyl (C=O) groups is 1. The van der Waals surface area contributed by atoms with Crippen molar-refractivity contribution in [2.24, 2.45) is 0 Å². The minimum absolute atomic E-state index is 0.0340. The fourth-order valence-electron chi connectivity index (χ4n) is 4.64. The number of nitrogens with zero attached hydrogens (tertiary/aromatic N) is 1. The molecule has 2 aliphatic heterocycles. The molecular formula is C18H26N4O3S2+2. The van der Waals surface area contributed by atoms with Crippen LogP contribution in [0.2, 0.25) is 0 Å². The summed E-state index contributed by atoms with van der Waals surface area (Å²) in [5.41, 5.74) is 1.79. The van der Waals surface area contributed by atoms with Gasteiger partial charge in [0.15, 0.2) is 16.4 Å². The van der Waals surface area contributed by atoms with Gasteiger partial charge >= 0.3 is 0 Å². The molecule has 2 saturated heterocycles. The van der Waals surface area contributed by atoms with Gasteiger partial charge in [0.2, 0.25) is 0 Å². The third kappa shape index (κ3) is 4.04. The van der Waals surface area contributed by atoms with Crippen LogP contribution in [0.4, 0.5) is 5.00 Å². The second-order valence-electron chi connectivity index (χ2n) is 7.91. The zero-order chi connectivity index (χ0) is 19.0. The number of sulfone groups is 1. The van der Waals surface area contributed by atoms with Crippen molar-refractivity contribution >= 4 is 32.1 Å². The number of carbonyl (C=O) groups excluding carboxylic acids is 1. The van der Waals surface area contributed by atoms with Crippen molar-refractivity contribution < 1.29 is 23.0 Å². The van der Waals surface area contributed by atoms with Gasteiger partial charge in [0.25, 0.3) is 5.91 Å². The highest BCUT2D eigenvalue weighted by Crippen LogP contribution is 2.38. The van der Waals surface area contributed by atoms with Crippen molar-refractivity contribution in [3.05, 3.63) is 16.0 Å². The molecule has 27 heavy (non-hydrogen) atoms. The van der Waals surface area contributed by atoms with E-state index in [1.807, 2.05) is 0 Å². The Kier molecular flexibility index (Phi) is 5.25. The Morgan fingerprint density at radius 2 is 2.04 bits per heavy atom. The second kappa shape index (κ2) is 7.51. The number of thiophene rings is 1. The summed E-state index contributed by atoms with van der Waals surface area (Å²) in [6.07, 6.45) is 3.82. The van der Waals surface area contributed by atoms with Crippen LogP contribution in [0.15, 0.2) is 0 Å². The first-order chi connectivity index (χ1) is 12.9. The first-order valence-electron chi connectivity index (χ1n) is 9.68. The molecule has 0 saturated carbocycles. The number of piperazine rings is 1. The Morgan fingerprint density at radius 3 is 2.70 bits per heavy atom. The maximum absolute atomic E-state index is 12.5. The predicted octanol–water partition coefficient (Wildman–Crippen LogP) is -1.98. The molecule has 3 heterocycles. The number of rotatable bonds is 4. The molecule has 1 aliphatic carbocycles. The van der Waals surface area contributed by atoms with Crippen LogP contribution in [0.25, 0.3) is 0 Å². The number of aryl methyl sites for hydroxylation is 1. The van der Waals surface area contributed by atoms with Crippen LogP contribution in [0.3, 0.4) is 0 Å². The van der Waals surface area contributed by atoms with E-state index in [1.165, 1.54) is 14.7 Å². The Balaban J connectivity index is 1.29. The van der Waals surface area contributed by atoms with Crippen LogP contribution in [0.1, 0.15) is 28.8 Å². The molecule has 3 N–H and O–H groups in total. The maximum atomic E-state index is 12.5. The summed E-state index contributed by atoms with van der Waals surface area (Å²) in [5.74, 6) is 0.609. The number of hydrogen-bond acceptors (Lipinski definition) is 5. The van der Waals surface area contributed by atoms with Crippen LogP contribution >= 0.6 is 11.3 Å². The molecule has 0 aromatic carbocycles. The van der Waals surface area contributed by atoms with Crippen LogP contribution in [-0.4, -0.2) is 64.6 Å². The van der Waals surface area contributed by atoms with E-state index in [2.05, 4.69) is 11.4 Å². The largest absolute Gasteiger partial charge is 0.322 e. The highest BCUT2D eigenvalue weighted by molar-refractivity contribution is 7.91. The minimum atomic E-state index is -2.83. The lowest BCUT2D eigenvalue weighted by Gasteiger charge is -2.32. The average Bonchev–Trinajstić information content (AvgIpc) is 3.29. The van der Waals surface area contributed by atoms with Crippen LogP contribution in [-0.2, 0) is 27.5 Å². The summed E-state index contributed by atoms with van der Waals surface area (Å²) < 4.78 is 23.4. The molecule has 1 aromatic heterocycles. The number of hydrogen-bond donors (Lipinski definition) is 3. The molecule has 9 heteroatoms. The summed E-state index contributed by atoms with van der Waals surface area (Å²) in [6.45, 7) is 4.00. The molecule has 7 nitrogen and oxygen atoms in total. The zero-order valence-electron chi connectivity index (χ0n) is 15.3. The van der Waals surface area contributed by atoms with Crippen molar-refractivity contribution in [2.75, 3.05) is 49.5 Å². The third-order valence-electron chi connectivity index (χ3n) is 6.11. The monoisotopic (exact) mass is 410 g/mol. The minimum Gasteiger partial charge on any atom is -0.322 e. The normalized spacial score (nSPS) is 29.2. The second-order valence-corrected chi connectivity index (χ2v) is 11.2. The molecule has 0 radical (unpaired) electrons. The quantitative estimate of drug-likeness (QED) is 0.536. The van der Waals surface area contributed by atoms with Gasteiger partial charge in [-0.25, -0.2) is 8.42 Å². The number of anilines is 1. The molecule has 1 amide bonds. The van der Waals surface area contributed by atoms with Crippen molar-refractivity contribution in [3.8, 4) is 6.07 Å².